The molecule has 1 aromatic heterocycles. The van der Waals surface area contributed by atoms with Crippen LogP contribution >= 0.6 is 23.4 Å². The molecule has 0 aliphatic carbocycles. The van der Waals surface area contributed by atoms with E-state index in [1.54, 1.807) is 36.2 Å². The third kappa shape index (κ3) is 4.96. The summed E-state index contributed by atoms with van der Waals surface area (Å²) in [7, 11) is 0. The Labute approximate surface area is 190 Å². The monoisotopic (exact) mass is 461 g/mol. The SMILES string of the molecule is CC1NC(C(=O)N2CCC[C@@H](C)[C@H]2CNc2ccnc(Cl)n2)=C(c2ccc(F)cc2)S1. The zero-order valence-corrected chi connectivity index (χ0v) is 19.0. The van der Waals surface area contributed by atoms with Gasteiger partial charge in [0.15, 0.2) is 0 Å². The van der Waals surface area contributed by atoms with Gasteiger partial charge in [-0.05, 0) is 61.0 Å². The highest BCUT2D eigenvalue weighted by molar-refractivity contribution is 8.09. The van der Waals surface area contributed by atoms with Gasteiger partial charge in [-0.2, -0.15) is 0 Å². The molecule has 0 radical (unpaired) electrons. The minimum Gasteiger partial charge on any atom is -0.368 e. The van der Waals surface area contributed by atoms with Gasteiger partial charge in [0.25, 0.3) is 5.91 Å². The molecular formula is C22H25ClFN5OS. The highest BCUT2D eigenvalue weighted by Crippen LogP contribution is 2.39. The van der Waals surface area contributed by atoms with Crippen molar-refractivity contribution in [2.24, 2.45) is 5.92 Å². The van der Waals surface area contributed by atoms with E-state index < -0.39 is 0 Å². The van der Waals surface area contributed by atoms with Crippen LogP contribution in [-0.2, 0) is 4.79 Å². The van der Waals surface area contributed by atoms with Crippen LogP contribution in [0.2, 0.25) is 5.28 Å². The molecule has 9 heteroatoms. The lowest BCUT2D eigenvalue weighted by atomic mass is 9.90. The summed E-state index contributed by atoms with van der Waals surface area (Å²) in [6.45, 7) is 5.46. The average molecular weight is 462 g/mol. The molecule has 3 heterocycles. The highest BCUT2D eigenvalue weighted by atomic mass is 35.5. The van der Waals surface area contributed by atoms with E-state index in [2.05, 4.69) is 27.5 Å². The third-order valence-corrected chi connectivity index (χ3v) is 7.01. The Hall–Kier alpha value is -2.32. The van der Waals surface area contributed by atoms with Gasteiger partial charge in [0.05, 0.1) is 11.4 Å². The van der Waals surface area contributed by atoms with E-state index >= 15 is 0 Å². The van der Waals surface area contributed by atoms with E-state index in [0.717, 1.165) is 23.3 Å². The lowest BCUT2D eigenvalue weighted by Gasteiger charge is -2.40. The van der Waals surface area contributed by atoms with Gasteiger partial charge in [-0.15, -0.1) is 0 Å². The quantitative estimate of drug-likeness (QED) is 0.645. The zero-order valence-electron chi connectivity index (χ0n) is 17.4. The summed E-state index contributed by atoms with van der Waals surface area (Å²) in [6, 6.07) is 8.08. The van der Waals surface area contributed by atoms with Crippen molar-refractivity contribution in [2.45, 2.75) is 38.1 Å². The molecule has 164 valence electrons. The van der Waals surface area contributed by atoms with E-state index in [0.29, 0.717) is 30.5 Å². The molecule has 1 amide bonds. The van der Waals surface area contributed by atoms with Gasteiger partial charge in [0, 0.05) is 24.2 Å². The minimum atomic E-state index is -0.290. The number of carbonyl (C=O) groups is 1. The Balaban J connectivity index is 1.57. The summed E-state index contributed by atoms with van der Waals surface area (Å²) in [5, 5.41) is 6.89. The smallest absolute Gasteiger partial charge is 0.271 e. The van der Waals surface area contributed by atoms with E-state index in [1.807, 2.05) is 11.8 Å². The van der Waals surface area contributed by atoms with Crippen molar-refractivity contribution < 1.29 is 9.18 Å². The van der Waals surface area contributed by atoms with Crippen LogP contribution in [0.1, 0.15) is 32.3 Å². The highest BCUT2D eigenvalue weighted by Gasteiger charge is 2.36. The van der Waals surface area contributed by atoms with Gasteiger partial charge in [-0.1, -0.05) is 30.8 Å². The maximum Gasteiger partial charge on any atom is 0.271 e. The fourth-order valence-electron chi connectivity index (χ4n) is 4.11. The van der Waals surface area contributed by atoms with Crippen molar-refractivity contribution in [1.29, 1.82) is 0 Å². The molecule has 1 unspecified atom stereocenters. The van der Waals surface area contributed by atoms with Crippen LogP contribution in [-0.4, -0.2) is 45.3 Å². The van der Waals surface area contributed by atoms with Crippen LogP contribution in [0.15, 0.2) is 42.2 Å². The van der Waals surface area contributed by atoms with Crippen molar-refractivity contribution in [3.05, 3.63) is 58.9 Å². The lowest BCUT2D eigenvalue weighted by Crippen LogP contribution is -2.52. The number of hydrogen-bond donors (Lipinski definition) is 2. The second kappa shape index (κ2) is 9.44. The Morgan fingerprint density at radius 2 is 2.10 bits per heavy atom. The van der Waals surface area contributed by atoms with Gasteiger partial charge in [-0.25, -0.2) is 14.4 Å². The topological polar surface area (TPSA) is 70.2 Å². The van der Waals surface area contributed by atoms with E-state index in [4.69, 9.17) is 11.6 Å². The number of thioether (sulfide) groups is 1. The fraction of sp³-hybridized carbons (Fsp3) is 0.409. The van der Waals surface area contributed by atoms with Crippen LogP contribution in [0.3, 0.4) is 0 Å². The first-order valence-electron chi connectivity index (χ1n) is 10.4. The average Bonchev–Trinajstić information content (AvgIpc) is 3.14. The largest absolute Gasteiger partial charge is 0.368 e. The lowest BCUT2D eigenvalue weighted by molar-refractivity contribution is -0.132. The van der Waals surface area contributed by atoms with Crippen LogP contribution in [0.25, 0.3) is 4.91 Å². The summed E-state index contributed by atoms with van der Waals surface area (Å²) in [5.74, 6) is 0.667. The molecule has 3 atom stereocenters. The number of amides is 1. The van der Waals surface area contributed by atoms with Gasteiger partial charge in [0.1, 0.15) is 17.3 Å². The molecule has 2 aliphatic heterocycles. The third-order valence-electron chi connectivity index (χ3n) is 5.68. The number of hydrogen-bond acceptors (Lipinski definition) is 6. The van der Waals surface area contributed by atoms with Gasteiger partial charge in [-0.3, -0.25) is 4.79 Å². The van der Waals surface area contributed by atoms with Crippen molar-refractivity contribution in [3.8, 4) is 0 Å². The first-order valence-corrected chi connectivity index (χ1v) is 11.6. The number of piperidine rings is 1. The van der Waals surface area contributed by atoms with Gasteiger partial charge < -0.3 is 15.5 Å². The fourth-order valence-corrected chi connectivity index (χ4v) is 5.32. The van der Waals surface area contributed by atoms with Crippen molar-refractivity contribution in [1.82, 2.24) is 20.2 Å². The summed E-state index contributed by atoms with van der Waals surface area (Å²) in [4.78, 5) is 24.6. The molecule has 31 heavy (non-hydrogen) atoms. The number of anilines is 1. The Bertz CT molecular complexity index is 986. The standard InChI is InChI=1S/C22H25ClFN5OS/c1-13-4-3-11-29(17(13)12-26-18-9-10-25-22(23)28-18)21(30)19-20(31-14(2)27-19)15-5-7-16(24)8-6-15/h5-10,13-14,17,27H,3-4,11-12H2,1-2H3,(H,25,26,28)/t13-,14?,17-/m1/s1. The minimum absolute atomic E-state index is 0.0136. The molecule has 0 bridgehead atoms. The number of likely N-dealkylation sites (tertiary alicyclic amines) is 1. The normalized spacial score (nSPS) is 23.6. The van der Waals surface area contributed by atoms with Crippen LogP contribution in [0, 0.1) is 11.7 Å². The maximum atomic E-state index is 13.7. The predicted octanol–water partition coefficient (Wildman–Crippen LogP) is 4.36. The van der Waals surface area contributed by atoms with Crippen molar-refractivity contribution in [3.63, 3.8) is 0 Å². The number of nitrogens with one attached hydrogen (secondary N) is 2. The van der Waals surface area contributed by atoms with E-state index in [-0.39, 0.29) is 28.4 Å². The summed E-state index contributed by atoms with van der Waals surface area (Å²) >= 11 is 7.48. The molecule has 6 nitrogen and oxygen atoms in total. The molecule has 2 aliphatic rings. The summed E-state index contributed by atoms with van der Waals surface area (Å²) in [6.07, 6.45) is 3.62. The number of halogens is 2. The van der Waals surface area contributed by atoms with Crippen LogP contribution in [0.4, 0.5) is 10.2 Å². The van der Waals surface area contributed by atoms with E-state index in [1.165, 1.54) is 12.1 Å². The van der Waals surface area contributed by atoms with Crippen molar-refractivity contribution in [2.75, 3.05) is 18.4 Å². The molecule has 2 N–H and O–H groups in total. The Morgan fingerprint density at radius 1 is 1.32 bits per heavy atom. The first kappa shape index (κ1) is 21.9. The molecule has 4 rings (SSSR count). The maximum absolute atomic E-state index is 13.7. The molecular weight excluding hydrogens is 437 g/mol. The van der Waals surface area contributed by atoms with Gasteiger partial charge >= 0.3 is 0 Å². The second-order valence-electron chi connectivity index (χ2n) is 7.89. The Kier molecular flexibility index (Phi) is 6.67. The molecule has 1 saturated heterocycles. The van der Waals surface area contributed by atoms with Crippen LogP contribution in [0.5, 0.6) is 0 Å². The Morgan fingerprint density at radius 3 is 2.84 bits per heavy atom. The summed E-state index contributed by atoms with van der Waals surface area (Å²) < 4.78 is 13.4. The number of carbonyl (C=O) groups excluding carboxylic acids is 1. The molecule has 0 saturated carbocycles. The zero-order chi connectivity index (χ0) is 22.0. The number of benzene rings is 1. The van der Waals surface area contributed by atoms with Crippen molar-refractivity contribution >= 4 is 40.0 Å². The number of aromatic nitrogens is 2. The second-order valence-corrected chi connectivity index (χ2v) is 9.58. The molecule has 1 fully saturated rings. The van der Waals surface area contributed by atoms with E-state index in [9.17, 15) is 9.18 Å². The van der Waals surface area contributed by atoms with Gasteiger partial charge in [0.2, 0.25) is 5.28 Å². The molecule has 0 spiro atoms. The summed E-state index contributed by atoms with van der Waals surface area (Å²) in [5.41, 5.74) is 1.44. The number of nitrogens with zero attached hydrogens (tertiary/aromatic N) is 3. The van der Waals surface area contributed by atoms with Crippen LogP contribution < -0.4 is 10.6 Å². The number of rotatable bonds is 5. The predicted molar refractivity (Wildman–Crippen MR) is 123 cm³/mol. The molecule has 1 aromatic carbocycles. The molecule has 2 aromatic rings. The first-order chi connectivity index (χ1) is 14.9.